The highest BCUT2D eigenvalue weighted by atomic mass is 79.9. The van der Waals surface area contributed by atoms with E-state index in [0.717, 1.165) is 0 Å². The first-order valence-electron chi connectivity index (χ1n) is 9.28. The van der Waals surface area contributed by atoms with E-state index in [1.807, 2.05) is 0 Å². The maximum atomic E-state index is 12.7. The first kappa shape index (κ1) is 25.0. The lowest BCUT2D eigenvalue weighted by Gasteiger charge is -2.38. The van der Waals surface area contributed by atoms with Crippen molar-refractivity contribution in [1.82, 2.24) is 5.32 Å². The van der Waals surface area contributed by atoms with Crippen molar-refractivity contribution in [2.45, 2.75) is 64.1 Å². The summed E-state index contributed by atoms with van der Waals surface area (Å²) in [4.78, 5) is 35.1. The molecule has 31 heavy (non-hydrogen) atoms. The highest BCUT2D eigenvalue weighted by Crippen LogP contribution is 2.34. The number of hydrogen-bond donors (Lipinski definition) is 5. The maximum absolute atomic E-state index is 12.7. The predicted molar refractivity (Wildman–Crippen MR) is 107 cm³/mol. The fourth-order valence-corrected chi connectivity index (χ4v) is 3.41. The van der Waals surface area contributed by atoms with Gasteiger partial charge >= 0.3 is 11.9 Å². The number of esters is 1. The van der Waals surface area contributed by atoms with Crippen LogP contribution in [0, 0.1) is 0 Å². The van der Waals surface area contributed by atoms with E-state index in [9.17, 15) is 34.8 Å². The van der Waals surface area contributed by atoms with Gasteiger partial charge in [0.25, 0.3) is 5.91 Å². The number of amides is 1. The van der Waals surface area contributed by atoms with E-state index in [1.54, 1.807) is 13.8 Å². The summed E-state index contributed by atoms with van der Waals surface area (Å²) in [5.41, 5.74) is 0.431. The quantitative estimate of drug-likeness (QED) is 0.315. The van der Waals surface area contributed by atoms with Gasteiger partial charge < -0.3 is 40.0 Å². The fourth-order valence-electron chi connectivity index (χ4n) is 2.81. The molecule has 1 aromatic carbocycles. The van der Waals surface area contributed by atoms with Crippen LogP contribution < -0.4 is 10.1 Å². The molecule has 0 aromatic heterocycles. The predicted octanol–water partition coefficient (Wildman–Crippen LogP) is -0.0786. The number of rotatable bonds is 7. The van der Waals surface area contributed by atoms with Gasteiger partial charge in [-0.15, -0.1) is 0 Å². The van der Waals surface area contributed by atoms with Crippen LogP contribution in [0.1, 0.15) is 36.7 Å². The minimum Gasteiger partial charge on any atom is -0.479 e. The normalized spacial score (nSPS) is 25.7. The van der Waals surface area contributed by atoms with E-state index in [1.165, 1.54) is 19.1 Å². The van der Waals surface area contributed by atoms with Gasteiger partial charge in [-0.1, -0.05) is 0 Å². The molecule has 1 aliphatic heterocycles. The van der Waals surface area contributed by atoms with Gasteiger partial charge in [0, 0.05) is 13.0 Å². The summed E-state index contributed by atoms with van der Waals surface area (Å²) in [7, 11) is 0. The number of carboxylic acid groups (broad SMARTS) is 1. The molecule has 5 N–H and O–H groups in total. The average Bonchev–Trinajstić information content (AvgIpc) is 2.67. The molecule has 0 radical (unpaired) electrons. The van der Waals surface area contributed by atoms with Crippen LogP contribution >= 0.6 is 15.9 Å². The number of ether oxygens (including phenoxy) is 3. The number of benzene rings is 1. The third-order valence-electron chi connectivity index (χ3n) is 4.26. The Morgan fingerprint density at radius 1 is 1.16 bits per heavy atom. The minimum atomic E-state index is -1.88. The molecule has 1 amide bonds. The largest absolute Gasteiger partial charge is 0.479 e. The summed E-state index contributed by atoms with van der Waals surface area (Å²) in [6.07, 6.45) is -9.13. The van der Waals surface area contributed by atoms with E-state index in [0.29, 0.717) is 5.56 Å². The van der Waals surface area contributed by atoms with Gasteiger partial charge in [0.2, 0.25) is 6.29 Å². The summed E-state index contributed by atoms with van der Waals surface area (Å²) >= 11 is 3.25. The molecule has 12 heteroatoms. The van der Waals surface area contributed by atoms with Crippen LogP contribution in [-0.2, 0) is 25.7 Å². The van der Waals surface area contributed by atoms with E-state index in [-0.39, 0.29) is 28.4 Å². The van der Waals surface area contributed by atoms with Crippen molar-refractivity contribution >= 4 is 33.8 Å². The number of aliphatic carboxylic acids is 1. The number of nitrogens with one attached hydrogen (secondary N) is 1. The van der Waals surface area contributed by atoms with Crippen molar-refractivity contribution in [3.8, 4) is 5.75 Å². The lowest BCUT2D eigenvalue weighted by Crippen LogP contribution is -2.61. The number of halogens is 1. The van der Waals surface area contributed by atoms with Gasteiger partial charge in [0.15, 0.2) is 6.10 Å². The molecule has 0 unspecified atom stereocenters. The number of carboxylic acids is 1. The molecular weight excluding hydrogens is 482 g/mol. The van der Waals surface area contributed by atoms with E-state index < -0.39 is 48.6 Å². The van der Waals surface area contributed by atoms with E-state index in [4.69, 9.17) is 14.2 Å². The van der Waals surface area contributed by atoms with Crippen LogP contribution in [0.3, 0.4) is 0 Å². The Morgan fingerprint density at radius 2 is 1.81 bits per heavy atom. The van der Waals surface area contributed by atoms with Crippen molar-refractivity contribution in [1.29, 1.82) is 0 Å². The highest BCUT2D eigenvalue weighted by molar-refractivity contribution is 9.10. The molecule has 0 spiro atoms. The lowest BCUT2D eigenvalue weighted by atomic mass is 9.99. The standard InChI is InChI=1S/C19H24BrNO10/c1-7(2)21-17(26)10-4-9(6-29-8(3)22)5-11(20)15(10)30-19-14(25)12(23)13(24)16(31-19)18(27)28/h4-5,7,12-14,16,19,23-25H,6H2,1-3H3,(H,21,26)(H,27,28)/t12-,13-,14+,16-,19+/m0/s1. The number of aliphatic hydroxyl groups excluding tert-OH is 3. The monoisotopic (exact) mass is 505 g/mol. The summed E-state index contributed by atoms with van der Waals surface area (Å²) in [5, 5.41) is 41.9. The smallest absolute Gasteiger partial charge is 0.335 e. The molecule has 2 rings (SSSR count). The Balaban J connectivity index is 2.42. The van der Waals surface area contributed by atoms with Crippen molar-refractivity contribution in [2.75, 3.05) is 0 Å². The van der Waals surface area contributed by atoms with Gasteiger partial charge in [-0.2, -0.15) is 0 Å². The number of carbonyl (C=O) groups is 3. The Kier molecular flexibility index (Phi) is 8.37. The zero-order valence-electron chi connectivity index (χ0n) is 16.9. The second-order valence-electron chi connectivity index (χ2n) is 7.22. The topological polar surface area (TPSA) is 172 Å². The van der Waals surface area contributed by atoms with Crippen molar-refractivity contribution in [2.24, 2.45) is 0 Å². The van der Waals surface area contributed by atoms with E-state index in [2.05, 4.69) is 21.2 Å². The molecule has 172 valence electrons. The third-order valence-corrected chi connectivity index (χ3v) is 4.85. The SMILES string of the molecule is CC(=O)OCc1cc(Br)c(O[C@@H]2O[C@H](C(=O)O)[C@@H](O)[C@H](O)[C@H]2O)c(C(=O)NC(C)C)c1. The zero-order chi connectivity index (χ0) is 23.5. The van der Waals surface area contributed by atoms with Crippen LogP contribution in [0.4, 0.5) is 0 Å². The van der Waals surface area contributed by atoms with Gasteiger partial charge in [-0.05, 0) is 47.5 Å². The van der Waals surface area contributed by atoms with Gasteiger partial charge in [-0.25, -0.2) is 4.79 Å². The van der Waals surface area contributed by atoms with Crippen LogP contribution in [0.2, 0.25) is 0 Å². The molecule has 1 fully saturated rings. The lowest BCUT2D eigenvalue weighted by molar-refractivity contribution is -0.271. The molecular formula is C19H24BrNO10. The molecule has 1 aliphatic rings. The molecule has 1 saturated heterocycles. The first-order chi connectivity index (χ1) is 14.4. The van der Waals surface area contributed by atoms with Crippen molar-refractivity contribution < 1.29 is 49.0 Å². The Hall–Kier alpha value is -2.25. The summed E-state index contributed by atoms with van der Waals surface area (Å²) < 4.78 is 15.9. The summed E-state index contributed by atoms with van der Waals surface area (Å²) in [5.74, 6) is -2.76. The number of carbonyl (C=O) groups excluding carboxylic acids is 2. The highest BCUT2D eigenvalue weighted by Gasteiger charge is 2.48. The Labute approximate surface area is 186 Å². The summed E-state index contributed by atoms with van der Waals surface area (Å²) in [6.45, 7) is 4.59. The van der Waals surface area contributed by atoms with Crippen LogP contribution in [-0.4, -0.2) is 75.0 Å². The number of hydrogen-bond acceptors (Lipinski definition) is 9. The van der Waals surface area contributed by atoms with Gasteiger partial charge in [-0.3, -0.25) is 9.59 Å². The molecule has 1 aromatic rings. The molecule has 0 aliphatic carbocycles. The van der Waals surface area contributed by atoms with Gasteiger partial charge in [0.1, 0.15) is 30.7 Å². The maximum Gasteiger partial charge on any atom is 0.335 e. The Morgan fingerprint density at radius 3 is 2.35 bits per heavy atom. The fraction of sp³-hybridized carbons (Fsp3) is 0.526. The number of aliphatic hydroxyl groups is 3. The average molecular weight is 506 g/mol. The minimum absolute atomic E-state index is 0.0199. The van der Waals surface area contributed by atoms with Crippen LogP contribution in [0.5, 0.6) is 5.75 Å². The second-order valence-corrected chi connectivity index (χ2v) is 8.07. The molecule has 11 nitrogen and oxygen atoms in total. The van der Waals surface area contributed by atoms with Crippen molar-refractivity contribution in [3.05, 3.63) is 27.7 Å². The van der Waals surface area contributed by atoms with Gasteiger partial charge in [0.05, 0.1) is 10.0 Å². The first-order valence-corrected chi connectivity index (χ1v) is 10.1. The Bertz CT molecular complexity index is 845. The second kappa shape index (κ2) is 10.4. The van der Waals surface area contributed by atoms with Crippen LogP contribution in [0.25, 0.3) is 0 Å². The molecule has 1 heterocycles. The van der Waals surface area contributed by atoms with Crippen molar-refractivity contribution in [3.63, 3.8) is 0 Å². The van der Waals surface area contributed by atoms with Crippen LogP contribution in [0.15, 0.2) is 16.6 Å². The van der Waals surface area contributed by atoms with E-state index >= 15 is 0 Å². The third kappa shape index (κ3) is 6.14. The molecule has 0 saturated carbocycles. The summed E-state index contributed by atoms with van der Waals surface area (Å²) in [6, 6.07) is 2.66. The zero-order valence-corrected chi connectivity index (χ0v) is 18.5. The molecule has 0 bridgehead atoms. The molecule has 5 atom stereocenters.